The van der Waals surface area contributed by atoms with Crippen molar-refractivity contribution < 1.29 is 9.59 Å². The largest absolute Gasteiger partial charge is 0.368 e. The van der Waals surface area contributed by atoms with Crippen LogP contribution in [0, 0.1) is 0 Å². The molecule has 2 atom stereocenters. The monoisotopic (exact) mass is 362 g/mol. The van der Waals surface area contributed by atoms with Crippen LogP contribution in [0.4, 0.5) is 5.69 Å². The zero-order chi connectivity index (χ0) is 17.6. The molecule has 2 heterocycles. The molecule has 3 rings (SSSR count). The van der Waals surface area contributed by atoms with Crippen LogP contribution >= 0.6 is 11.8 Å². The lowest BCUT2D eigenvalue weighted by Crippen LogP contribution is -2.55. The van der Waals surface area contributed by atoms with Crippen molar-refractivity contribution in [2.45, 2.75) is 31.3 Å². The van der Waals surface area contributed by atoms with Gasteiger partial charge < -0.3 is 15.1 Å². The summed E-state index contributed by atoms with van der Waals surface area (Å²) in [6, 6.07) is 10.5. The van der Waals surface area contributed by atoms with Crippen molar-refractivity contribution in [1.29, 1.82) is 0 Å². The number of nitrogens with one attached hydrogen (secondary N) is 2. The Bertz CT molecular complexity index is 590. The van der Waals surface area contributed by atoms with Gasteiger partial charge in [-0.3, -0.25) is 14.9 Å². The summed E-state index contributed by atoms with van der Waals surface area (Å²) in [5, 5.41) is 6.27. The van der Waals surface area contributed by atoms with E-state index >= 15 is 0 Å². The highest BCUT2D eigenvalue weighted by Gasteiger charge is 2.27. The highest BCUT2D eigenvalue weighted by molar-refractivity contribution is 8.00. The zero-order valence-corrected chi connectivity index (χ0v) is 15.4. The van der Waals surface area contributed by atoms with Crippen molar-refractivity contribution >= 4 is 29.3 Å². The van der Waals surface area contributed by atoms with Gasteiger partial charge in [-0.25, -0.2) is 0 Å². The van der Waals surface area contributed by atoms with Gasteiger partial charge in [-0.1, -0.05) is 25.1 Å². The number of anilines is 1. The minimum absolute atomic E-state index is 0.0621. The maximum Gasteiger partial charge on any atom is 0.232 e. The lowest BCUT2D eigenvalue weighted by atomic mass is 10.1. The van der Waals surface area contributed by atoms with E-state index in [0.29, 0.717) is 12.2 Å². The molecule has 2 aliphatic rings. The Hall–Kier alpha value is -1.73. The van der Waals surface area contributed by atoms with E-state index in [9.17, 15) is 9.59 Å². The number of carbonyl (C=O) groups excluding carboxylic acids is 2. The average Bonchev–Trinajstić information content (AvgIpc) is 2.66. The Morgan fingerprint density at radius 1 is 1.20 bits per heavy atom. The Morgan fingerprint density at radius 3 is 2.60 bits per heavy atom. The summed E-state index contributed by atoms with van der Waals surface area (Å²) in [6.07, 6.45) is 1.43. The van der Waals surface area contributed by atoms with E-state index in [1.807, 2.05) is 23.1 Å². The molecular formula is C18H26N4O2S. The summed E-state index contributed by atoms with van der Waals surface area (Å²) in [7, 11) is 0. The molecule has 25 heavy (non-hydrogen) atoms. The number of carbonyl (C=O) groups is 2. The molecule has 1 aromatic rings. The maximum absolute atomic E-state index is 12.5. The summed E-state index contributed by atoms with van der Waals surface area (Å²) in [5.74, 6) is 0.596. The third kappa shape index (κ3) is 4.89. The second-order valence-electron chi connectivity index (χ2n) is 6.44. The van der Waals surface area contributed by atoms with Gasteiger partial charge in [-0.05, 0) is 18.6 Å². The number of piperazine rings is 1. The summed E-state index contributed by atoms with van der Waals surface area (Å²) in [4.78, 5) is 28.4. The fourth-order valence-corrected chi connectivity index (χ4v) is 4.19. The lowest BCUT2D eigenvalue weighted by molar-refractivity contribution is -0.128. The first-order valence-electron chi connectivity index (χ1n) is 8.90. The van der Waals surface area contributed by atoms with Crippen LogP contribution in [0.2, 0.25) is 0 Å². The molecule has 6 nitrogen and oxygen atoms in total. The molecule has 0 spiro atoms. The molecule has 0 aromatic heterocycles. The standard InChI is InChI=1S/C18H26N4O2S/c1-2-14-12-16(23)20-18(19-14)25-13-17(24)22-10-8-21(9-11-22)15-6-4-3-5-7-15/h3-7,14,18-19H,2,8-13H2,1H3,(H,20,23). The van der Waals surface area contributed by atoms with Crippen LogP contribution in [0.15, 0.2) is 30.3 Å². The fraction of sp³-hybridized carbons (Fsp3) is 0.556. The molecule has 0 saturated carbocycles. The van der Waals surface area contributed by atoms with Crippen molar-refractivity contribution in [3.8, 4) is 0 Å². The molecular weight excluding hydrogens is 336 g/mol. The maximum atomic E-state index is 12.5. The number of hydrogen-bond donors (Lipinski definition) is 2. The molecule has 2 aliphatic heterocycles. The van der Waals surface area contributed by atoms with E-state index < -0.39 is 0 Å². The summed E-state index contributed by atoms with van der Waals surface area (Å²) in [6.45, 7) is 5.27. The predicted octanol–water partition coefficient (Wildman–Crippen LogP) is 1.24. The van der Waals surface area contributed by atoms with Crippen molar-refractivity contribution in [3.63, 3.8) is 0 Å². The highest BCUT2D eigenvalue weighted by Crippen LogP contribution is 2.18. The first-order chi connectivity index (χ1) is 12.2. The summed E-state index contributed by atoms with van der Waals surface area (Å²) in [5.41, 5.74) is 1.05. The second-order valence-corrected chi connectivity index (χ2v) is 7.53. The minimum atomic E-state index is -0.166. The van der Waals surface area contributed by atoms with Gasteiger partial charge in [-0.2, -0.15) is 0 Å². The van der Waals surface area contributed by atoms with E-state index in [4.69, 9.17) is 0 Å². The Balaban J connectivity index is 1.43. The van der Waals surface area contributed by atoms with Crippen molar-refractivity contribution in [2.75, 3.05) is 36.8 Å². The van der Waals surface area contributed by atoms with Crippen molar-refractivity contribution in [1.82, 2.24) is 15.5 Å². The van der Waals surface area contributed by atoms with Gasteiger partial charge in [0.1, 0.15) is 5.50 Å². The summed E-state index contributed by atoms with van der Waals surface area (Å²) >= 11 is 1.47. The first kappa shape index (κ1) is 18.1. The zero-order valence-electron chi connectivity index (χ0n) is 14.6. The second kappa shape index (κ2) is 8.58. The van der Waals surface area contributed by atoms with Crippen LogP contribution in [0.3, 0.4) is 0 Å². The predicted molar refractivity (Wildman–Crippen MR) is 101 cm³/mol. The van der Waals surface area contributed by atoms with Crippen LogP contribution in [-0.2, 0) is 9.59 Å². The minimum Gasteiger partial charge on any atom is -0.368 e. The van der Waals surface area contributed by atoms with Gasteiger partial charge in [0.25, 0.3) is 0 Å². The van der Waals surface area contributed by atoms with Crippen LogP contribution < -0.4 is 15.5 Å². The Kier molecular flexibility index (Phi) is 6.20. The third-order valence-electron chi connectivity index (χ3n) is 4.73. The van der Waals surface area contributed by atoms with E-state index in [1.54, 1.807) is 0 Å². The van der Waals surface area contributed by atoms with Crippen molar-refractivity contribution in [3.05, 3.63) is 30.3 Å². The molecule has 136 valence electrons. The highest BCUT2D eigenvalue weighted by atomic mass is 32.2. The average molecular weight is 362 g/mol. The van der Waals surface area contributed by atoms with Gasteiger partial charge >= 0.3 is 0 Å². The number of rotatable bonds is 5. The molecule has 2 N–H and O–H groups in total. The van der Waals surface area contributed by atoms with E-state index in [2.05, 4.69) is 34.6 Å². The molecule has 7 heteroatoms. The van der Waals surface area contributed by atoms with E-state index in [1.165, 1.54) is 17.4 Å². The third-order valence-corrected chi connectivity index (χ3v) is 5.73. The van der Waals surface area contributed by atoms with E-state index in [-0.39, 0.29) is 23.4 Å². The van der Waals surface area contributed by atoms with Crippen LogP contribution in [0.1, 0.15) is 19.8 Å². The number of nitrogens with zero attached hydrogens (tertiary/aromatic N) is 2. The number of benzene rings is 1. The number of para-hydroxylation sites is 1. The van der Waals surface area contributed by atoms with Gasteiger partial charge in [0, 0.05) is 44.3 Å². The Labute approximate surface area is 153 Å². The fourth-order valence-electron chi connectivity index (χ4n) is 3.19. The van der Waals surface area contributed by atoms with Crippen molar-refractivity contribution in [2.24, 2.45) is 0 Å². The molecule has 2 amide bonds. The van der Waals surface area contributed by atoms with Gasteiger partial charge in [0.15, 0.2) is 0 Å². The topological polar surface area (TPSA) is 64.7 Å². The SMILES string of the molecule is CCC1CC(=O)NC(SCC(=O)N2CCN(c3ccccc3)CC2)N1. The number of hydrogen-bond acceptors (Lipinski definition) is 5. The molecule has 2 saturated heterocycles. The normalized spacial score (nSPS) is 24.1. The molecule has 0 bridgehead atoms. The van der Waals surface area contributed by atoms with Gasteiger partial charge in [-0.15, -0.1) is 11.8 Å². The van der Waals surface area contributed by atoms with Crippen LogP contribution in [0.25, 0.3) is 0 Å². The Morgan fingerprint density at radius 2 is 1.92 bits per heavy atom. The smallest absolute Gasteiger partial charge is 0.232 e. The van der Waals surface area contributed by atoms with Crippen LogP contribution in [0.5, 0.6) is 0 Å². The number of amides is 2. The quantitative estimate of drug-likeness (QED) is 0.825. The lowest BCUT2D eigenvalue weighted by Gasteiger charge is -2.36. The van der Waals surface area contributed by atoms with E-state index in [0.717, 1.165) is 32.6 Å². The van der Waals surface area contributed by atoms with Crippen LogP contribution in [-0.4, -0.2) is 60.2 Å². The number of thioether (sulfide) groups is 1. The van der Waals surface area contributed by atoms with Gasteiger partial charge in [0.05, 0.1) is 5.75 Å². The summed E-state index contributed by atoms with van der Waals surface area (Å²) < 4.78 is 0. The molecule has 1 aromatic carbocycles. The molecule has 0 aliphatic carbocycles. The molecule has 2 fully saturated rings. The molecule has 0 radical (unpaired) electrons. The van der Waals surface area contributed by atoms with Gasteiger partial charge in [0.2, 0.25) is 11.8 Å². The molecule has 2 unspecified atom stereocenters. The first-order valence-corrected chi connectivity index (χ1v) is 9.95.